The Kier molecular flexibility index (Phi) is 5.20. The van der Waals surface area contributed by atoms with Gasteiger partial charge in [0.05, 0.1) is 12.3 Å². The van der Waals surface area contributed by atoms with Gasteiger partial charge in [-0.1, -0.05) is 30.3 Å². The third-order valence-corrected chi connectivity index (χ3v) is 5.19. The second-order valence-corrected chi connectivity index (χ2v) is 7.26. The lowest BCUT2D eigenvalue weighted by molar-refractivity contribution is -0.138. The van der Waals surface area contributed by atoms with Gasteiger partial charge in [-0.3, -0.25) is 14.4 Å². The molecule has 1 aliphatic carbocycles. The van der Waals surface area contributed by atoms with Crippen LogP contribution in [0.2, 0.25) is 0 Å². The highest BCUT2D eigenvalue weighted by atomic mass is 16.7. The molecule has 2 aromatic carbocycles. The van der Waals surface area contributed by atoms with Crippen LogP contribution in [0.15, 0.2) is 48.5 Å². The van der Waals surface area contributed by atoms with Crippen molar-refractivity contribution in [1.82, 2.24) is 0 Å². The quantitative estimate of drug-likeness (QED) is 0.691. The molecular formula is C22H21NO6. The van der Waals surface area contributed by atoms with Gasteiger partial charge in [0.1, 0.15) is 5.78 Å². The summed E-state index contributed by atoms with van der Waals surface area (Å²) in [7, 11) is 0. The molecule has 7 heteroatoms. The van der Waals surface area contributed by atoms with Crippen molar-refractivity contribution in [2.75, 3.05) is 18.2 Å². The maximum absolute atomic E-state index is 13.0. The number of carboxylic acids is 1. The van der Waals surface area contributed by atoms with E-state index in [-0.39, 0.29) is 31.5 Å². The summed E-state index contributed by atoms with van der Waals surface area (Å²) in [5.41, 5.74) is 1.07. The highest BCUT2D eigenvalue weighted by molar-refractivity contribution is 6.07. The van der Waals surface area contributed by atoms with Gasteiger partial charge in [0.2, 0.25) is 12.7 Å². The van der Waals surface area contributed by atoms with Crippen LogP contribution in [0, 0.1) is 5.92 Å². The number of Topliss-reactive ketones (excluding diaryl/α,β-unsaturated/α-hetero) is 1. The second-order valence-electron chi connectivity index (χ2n) is 7.26. The molecule has 1 amide bonds. The summed E-state index contributed by atoms with van der Waals surface area (Å²) in [6, 6.07) is 13.8. The SMILES string of the molecule is O=C(CC(=O)N(CC(C(=O)O)c1ccccc1)c1ccc2c(c1)OCO2)C1CC1. The topological polar surface area (TPSA) is 93.1 Å². The number of rotatable bonds is 8. The Morgan fingerprint density at radius 2 is 1.76 bits per heavy atom. The summed E-state index contributed by atoms with van der Waals surface area (Å²) in [5.74, 6) is -1.46. The molecule has 1 unspecified atom stereocenters. The average Bonchev–Trinajstić information content (AvgIpc) is 3.46. The van der Waals surface area contributed by atoms with Crippen molar-refractivity contribution < 1.29 is 29.0 Å². The Balaban J connectivity index is 1.64. The van der Waals surface area contributed by atoms with Crippen molar-refractivity contribution in [1.29, 1.82) is 0 Å². The summed E-state index contributed by atoms with van der Waals surface area (Å²) in [4.78, 5) is 38.6. The summed E-state index contributed by atoms with van der Waals surface area (Å²) >= 11 is 0. The van der Waals surface area contributed by atoms with E-state index in [1.807, 2.05) is 0 Å². The van der Waals surface area contributed by atoms with Gasteiger partial charge < -0.3 is 19.5 Å². The lowest BCUT2D eigenvalue weighted by Crippen LogP contribution is -2.38. The van der Waals surface area contributed by atoms with Gasteiger partial charge in [0, 0.05) is 24.2 Å². The number of fused-ring (bicyclic) bond motifs is 1. The molecule has 1 heterocycles. The van der Waals surface area contributed by atoms with Crippen molar-refractivity contribution >= 4 is 23.3 Å². The number of aliphatic carboxylic acids is 1. The zero-order valence-electron chi connectivity index (χ0n) is 15.7. The monoisotopic (exact) mass is 395 g/mol. The first kappa shape index (κ1) is 19.0. The fourth-order valence-corrected chi connectivity index (χ4v) is 3.39. The largest absolute Gasteiger partial charge is 0.481 e. The number of carbonyl (C=O) groups is 3. The maximum atomic E-state index is 13.0. The number of benzene rings is 2. The van der Waals surface area contributed by atoms with E-state index in [2.05, 4.69) is 0 Å². The third kappa shape index (κ3) is 4.23. The van der Waals surface area contributed by atoms with Gasteiger partial charge in [-0.05, 0) is 30.5 Å². The first-order valence-corrected chi connectivity index (χ1v) is 9.53. The molecule has 0 bridgehead atoms. The molecule has 0 spiro atoms. The van der Waals surface area contributed by atoms with Crippen LogP contribution in [0.4, 0.5) is 5.69 Å². The molecule has 2 aromatic rings. The first-order chi connectivity index (χ1) is 14.0. The van der Waals surface area contributed by atoms with Crippen LogP contribution >= 0.6 is 0 Å². The fourth-order valence-electron chi connectivity index (χ4n) is 3.39. The van der Waals surface area contributed by atoms with Crippen LogP contribution in [0.1, 0.15) is 30.7 Å². The number of anilines is 1. The summed E-state index contributed by atoms with van der Waals surface area (Å²) in [6.07, 6.45) is 1.40. The zero-order valence-corrected chi connectivity index (χ0v) is 15.7. The Bertz CT molecular complexity index is 938. The molecule has 29 heavy (non-hydrogen) atoms. The Morgan fingerprint density at radius 1 is 1.03 bits per heavy atom. The highest BCUT2D eigenvalue weighted by Crippen LogP contribution is 2.37. The van der Waals surface area contributed by atoms with E-state index >= 15 is 0 Å². The molecule has 150 valence electrons. The fraction of sp³-hybridized carbons (Fsp3) is 0.318. The van der Waals surface area contributed by atoms with Crippen LogP contribution in [-0.2, 0) is 14.4 Å². The highest BCUT2D eigenvalue weighted by Gasteiger charge is 2.34. The number of ether oxygens (including phenoxy) is 2. The number of amides is 1. The lowest BCUT2D eigenvalue weighted by Gasteiger charge is -2.26. The van der Waals surface area contributed by atoms with Crippen LogP contribution in [0.25, 0.3) is 0 Å². The molecule has 1 N–H and O–H groups in total. The number of carbonyl (C=O) groups excluding carboxylic acids is 2. The van der Waals surface area contributed by atoms with Crippen molar-refractivity contribution in [3.05, 3.63) is 54.1 Å². The summed E-state index contributed by atoms with van der Waals surface area (Å²) in [5, 5.41) is 9.79. The molecule has 0 saturated heterocycles. The molecule has 7 nitrogen and oxygen atoms in total. The summed E-state index contributed by atoms with van der Waals surface area (Å²) < 4.78 is 10.7. The number of hydrogen-bond acceptors (Lipinski definition) is 5. The van der Waals surface area contributed by atoms with E-state index < -0.39 is 17.8 Å². The molecular weight excluding hydrogens is 374 g/mol. The average molecular weight is 395 g/mol. The van der Waals surface area contributed by atoms with E-state index in [0.717, 1.165) is 12.8 Å². The smallest absolute Gasteiger partial charge is 0.312 e. The van der Waals surface area contributed by atoms with E-state index in [4.69, 9.17) is 9.47 Å². The van der Waals surface area contributed by atoms with E-state index in [9.17, 15) is 19.5 Å². The maximum Gasteiger partial charge on any atom is 0.312 e. The molecule has 1 aliphatic heterocycles. The van der Waals surface area contributed by atoms with Crippen LogP contribution in [-0.4, -0.2) is 36.1 Å². The van der Waals surface area contributed by atoms with Crippen molar-refractivity contribution in [2.45, 2.75) is 25.2 Å². The van der Waals surface area contributed by atoms with Crippen molar-refractivity contribution in [3.63, 3.8) is 0 Å². The molecule has 1 atom stereocenters. The van der Waals surface area contributed by atoms with Crippen LogP contribution in [0.5, 0.6) is 11.5 Å². The van der Waals surface area contributed by atoms with E-state index in [1.54, 1.807) is 48.5 Å². The Hall–Kier alpha value is -3.35. The normalized spacial score (nSPS) is 15.6. The first-order valence-electron chi connectivity index (χ1n) is 9.53. The van der Waals surface area contributed by atoms with Gasteiger partial charge >= 0.3 is 5.97 Å². The minimum atomic E-state index is -1.04. The predicted molar refractivity (Wildman–Crippen MR) is 104 cm³/mol. The molecule has 1 saturated carbocycles. The minimum absolute atomic E-state index is 0.0399. The number of nitrogens with zero attached hydrogens (tertiary/aromatic N) is 1. The van der Waals surface area contributed by atoms with Gasteiger partial charge in [-0.2, -0.15) is 0 Å². The van der Waals surface area contributed by atoms with Gasteiger partial charge in [-0.15, -0.1) is 0 Å². The predicted octanol–water partition coefficient (Wildman–Crippen LogP) is 2.99. The molecule has 4 rings (SSSR count). The Labute approximate surface area is 167 Å². The van der Waals surface area contributed by atoms with E-state index in [1.165, 1.54) is 4.90 Å². The molecule has 0 aromatic heterocycles. The van der Waals surface area contributed by atoms with Crippen LogP contribution in [0.3, 0.4) is 0 Å². The standard InChI is InChI=1S/C22H21NO6/c24-18(15-6-7-15)11-21(25)23(16-8-9-19-20(10-16)29-13-28-19)12-17(22(26)27)14-4-2-1-3-5-14/h1-5,8-10,15,17H,6-7,11-13H2,(H,26,27). The minimum Gasteiger partial charge on any atom is -0.481 e. The number of carboxylic acid groups (broad SMARTS) is 1. The Morgan fingerprint density at radius 3 is 2.45 bits per heavy atom. The summed E-state index contributed by atoms with van der Waals surface area (Å²) in [6.45, 7) is 0.00440. The van der Waals surface area contributed by atoms with Gasteiger partial charge in [0.15, 0.2) is 11.5 Å². The van der Waals surface area contributed by atoms with Crippen molar-refractivity contribution in [2.24, 2.45) is 5.92 Å². The zero-order chi connectivity index (χ0) is 20.4. The molecule has 2 aliphatic rings. The molecule has 1 fully saturated rings. The number of hydrogen-bond donors (Lipinski definition) is 1. The van der Waals surface area contributed by atoms with Gasteiger partial charge in [0.25, 0.3) is 0 Å². The lowest BCUT2D eigenvalue weighted by atomic mass is 9.98. The van der Waals surface area contributed by atoms with Crippen molar-refractivity contribution in [3.8, 4) is 11.5 Å². The second kappa shape index (κ2) is 7.95. The third-order valence-electron chi connectivity index (χ3n) is 5.19. The molecule has 0 radical (unpaired) electrons. The van der Waals surface area contributed by atoms with Crippen LogP contribution < -0.4 is 14.4 Å². The number of ketones is 1. The van der Waals surface area contributed by atoms with Gasteiger partial charge in [-0.25, -0.2) is 0 Å². The van der Waals surface area contributed by atoms with E-state index in [0.29, 0.717) is 22.7 Å².